The molecule has 0 spiro atoms. The van der Waals surface area contributed by atoms with Crippen LogP contribution in [0.15, 0.2) is 10.5 Å². The molecule has 2 N–H and O–H groups in total. The van der Waals surface area contributed by atoms with Crippen LogP contribution in [0.5, 0.6) is 0 Å². The number of hydrogen-bond donors (Lipinski definition) is 1. The maximum atomic E-state index is 13.4. The average molecular weight is 277 g/mol. The van der Waals surface area contributed by atoms with E-state index in [0.29, 0.717) is 0 Å². The van der Waals surface area contributed by atoms with Gasteiger partial charge in [-0.15, -0.1) is 0 Å². The number of carbonyl (C=O) groups excluding carboxylic acids is 1. The van der Waals surface area contributed by atoms with Crippen LogP contribution in [0.25, 0.3) is 0 Å². The third-order valence-corrected chi connectivity index (χ3v) is 2.36. The minimum atomic E-state index is -0.884. The highest BCUT2D eigenvalue weighted by molar-refractivity contribution is 9.10. The first kappa shape index (κ1) is 11.6. The summed E-state index contributed by atoms with van der Waals surface area (Å²) in [6.07, 6.45) is 0. The number of ketones is 1. The predicted octanol–water partition coefficient (Wildman–Crippen LogP) is 2.28. The second-order valence-corrected chi connectivity index (χ2v) is 3.65. The molecule has 0 saturated heterocycles. The zero-order chi connectivity index (χ0) is 11.7. The third-order valence-electron chi connectivity index (χ3n) is 1.79. The van der Waals surface area contributed by atoms with E-state index in [1.54, 1.807) is 0 Å². The molecule has 80 valence electrons. The Morgan fingerprint density at radius 1 is 1.67 bits per heavy atom. The normalized spacial score (nSPS) is 10.1. The van der Waals surface area contributed by atoms with Gasteiger partial charge in [0, 0.05) is 6.07 Å². The van der Waals surface area contributed by atoms with Crippen LogP contribution in [0.2, 0.25) is 0 Å². The van der Waals surface area contributed by atoms with Gasteiger partial charge >= 0.3 is 0 Å². The molecule has 1 rings (SSSR count). The number of nitrogens with two attached hydrogens (primary N) is 1. The van der Waals surface area contributed by atoms with Crippen molar-refractivity contribution in [1.82, 2.24) is 0 Å². The summed E-state index contributed by atoms with van der Waals surface area (Å²) in [7, 11) is 0. The predicted molar refractivity (Wildman–Crippen MR) is 55.2 cm³/mol. The Morgan fingerprint density at radius 2 is 2.20 bits per heavy atom. The summed E-state index contributed by atoms with van der Waals surface area (Å²) in [5.74, 6) is -1.54. The van der Waals surface area contributed by atoms with E-state index in [1.807, 2.05) is 0 Å². The standard InChI is InChI=1S/C8H6BrFN2O3/c1-3(13)6-7(10)4(9)2-5(8(6)11)12(14)15/h2H,11H2,1H3. The molecule has 0 aliphatic heterocycles. The molecular weight excluding hydrogens is 271 g/mol. The average Bonchev–Trinajstić information content (AvgIpc) is 2.10. The zero-order valence-electron chi connectivity index (χ0n) is 7.58. The summed E-state index contributed by atoms with van der Waals surface area (Å²) in [5, 5.41) is 10.5. The van der Waals surface area contributed by atoms with Crippen molar-refractivity contribution in [1.29, 1.82) is 0 Å². The van der Waals surface area contributed by atoms with Gasteiger partial charge in [0.2, 0.25) is 0 Å². The molecule has 0 atom stereocenters. The number of halogens is 2. The largest absolute Gasteiger partial charge is 0.392 e. The SMILES string of the molecule is CC(=O)c1c(N)c([N+](=O)[O-])cc(Br)c1F. The summed E-state index contributed by atoms with van der Waals surface area (Å²) in [5.41, 5.74) is 3.93. The first-order valence-electron chi connectivity index (χ1n) is 3.79. The van der Waals surface area contributed by atoms with E-state index in [2.05, 4.69) is 15.9 Å². The molecule has 5 nitrogen and oxygen atoms in total. The molecule has 0 bridgehead atoms. The lowest BCUT2D eigenvalue weighted by molar-refractivity contribution is -0.384. The smallest absolute Gasteiger partial charge is 0.294 e. The van der Waals surface area contributed by atoms with Crippen LogP contribution in [-0.2, 0) is 0 Å². The number of rotatable bonds is 2. The highest BCUT2D eigenvalue weighted by Gasteiger charge is 2.24. The van der Waals surface area contributed by atoms with Crippen molar-refractivity contribution in [3.8, 4) is 0 Å². The molecule has 0 heterocycles. The summed E-state index contributed by atoms with van der Waals surface area (Å²) in [6, 6.07) is 0.928. The minimum Gasteiger partial charge on any atom is -0.392 e. The molecule has 0 aliphatic rings. The van der Waals surface area contributed by atoms with Gasteiger partial charge in [-0.05, 0) is 22.9 Å². The van der Waals surface area contributed by atoms with Gasteiger partial charge in [0.1, 0.15) is 5.69 Å². The summed E-state index contributed by atoms with van der Waals surface area (Å²) in [4.78, 5) is 20.8. The number of benzene rings is 1. The van der Waals surface area contributed by atoms with Crippen LogP contribution in [0.3, 0.4) is 0 Å². The fourth-order valence-corrected chi connectivity index (χ4v) is 1.54. The maximum absolute atomic E-state index is 13.4. The first-order chi connectivity index (χ1) is 6.86. The second-order valence-electron chi connectivity index (χ2n) is 2.79. The fraction of sp³-hybridized carbons (Fsp3) is 0.125. The topological polar surface area (TPSA) is 86.2 Å². The van der Waals surface area contributed by atoms with Gasteiger partial charge in [0.15, 0.2) is 11.6 Å². The molecule has 7 heteroatoms. The number of carbonyl (C=O) groups is 1. The Labute approximate surface area is 92.3 Å². The van der Waals surface area contributed by atoms with Crippen LogP contribution in [0, 0.1) is 15.9 Å². The fourth-order valence-electron chi connectivity index (χ4n) is 1.12. The van der Waals surface area contributed by atoms with Gasteiger partial charge in [-0.3, -0.25) is 14.9 Å². The van der Waals surface area contributed by atoms with Crippen LogP contribution >= 0.6 is 15.9 Å². The summed E-state index contributed by atoms with van der Waals surface area (Å²) >= 11 is 2.78. The van der Waals surface area contributed by atoms with Gasteiger partial charge in [-0.25, -0.2) is 4.39 Å². The molecule has 15 heavy (non-hydrogen) atoms. The van der Waals surface area contributed by atoms with Crippen molar-refractivity contribution < 1.29 is 14.1 Å². The lowest BCUT2D eigenvalue weighted by Crippen LogP contribution is -2.07. The zero-order valence-corrected chi connectivity index (χ0v) is 9.17. The first-order valence-corrected chi connectivity index (χ1v) is 4.58. The number of hydrogen-bond acceptors (Lipinski definition) is 4. The molecule has 0 unspecified atom stereocenters. The second kappa shape index (κ2) is 3.93. The molecule has 0 aliphatic carbocycles. The number of nitro benzene ring substituents is 1. The van der Waals surface area contributed by atoms with Crippen molar-refractivity contribution in [2.45, 2.75) is 6.92 Å². The maximum Gasteiger partial charge on any atom is 0.294 e. The lowest BCUT2D eigenvalue weighted by atomic mass is 10.1. The van der Waals surface area contributed by atoms with Gasteiger partial charge in [-0.2, -0.15) is 0 Å². The molecule has 0 saturated carbocycles. The van der Waals surface area contributed by atoms with Crippen LogP contribution in [-0.4, -0.2) is 10.7 Å². The lowest BCUT2D eigenvalue weighted by Gasteiger charge is -2.05. The van der Waals surface area contributed by atoms with Gasteiger partial charge in [0.05, 0.1) is 15.0 Å². The summed E-state index contributed by atoms with van der Waals surface area (Å²) in [6.45, 7) is 1.09. The van der Waals surface area contributed by atoms with E-state index in [-0.39, 0.29) is 4.47 Å². The van der Waals surface area contributed by atoms with Gasteiger partial charge in [-0.1, -0.05) is 0 Å². The molecule has 1 aromatic rings. The molecular formula is C8H6BrFN2O3. The molecule has 0 amide bonds. The van der Waals surface area contributed by atoms with Crippen LogP contribution in [0.4, 0.5) is 15.8 Å². The Kier molecular flexibility index (Phi) is 3.04. The highest BCUT2D eigenvalue weighted by Crippen LogP contribution is 2.33. The third kappa shape index (κ3) is 1.96. The van der Waals surface area contributed by atoms with E-state index < -0.39 is 33.5 Å². The summed E-state index contributed by atoms with van der Waals surface area (Å²) < 4.78 is 13.2. The van der Waals surface area contributed by atoms with Gasteiger partial charge < -0.3 is 5.73 Å². The van der Waals surface area contributed by atoms with Crippen LogP contribution in [0.1, 0.15) is 17.3 Å². The number of nitrogen functional groups attached to an aromatic ring is 1. The van der Waals surface area contributed by atoms with E-state index in [4.69, 9.17) is 5.73 Å². The van der Waals surface area contributed by atoms with Crippen molar-refractivity contribution in [2.75, 3.05) is 5.73 Å². The number of nitro groups is 1. The molecule has 0 radical (unpaired) electrons. The number of anilines is 1. The van der Waals surface area contributed by atoms with E-state index in [0.717, 1.165) is 13.0 Å². The van der Waals surface area contributed by atoms with Crippen molar-refractivity contribution in [3.05, 3.63) is 32.0 Å². The van der Waals surface area contributed by atoms with Crippen molar-refractivity contribution in [2.24, 2.45) is 0 Å². The Morgan fingerprint density at radius 3 is 2.60 bits per heavy atom. The van der Waals surface area contributed by atoms with Crippen LogP contribution < -0.4 is 5.73 Å². The van der Waals surface area contributed by atoms with Gasteiger partial charge in [0.25, 0.3) is 5.69 Å². The highest BCUT2D eigenvalue weighted by atomic mass is 79.9. The molecule has 1 aromatic carbocycles. The molecule has 0 aromatic heterocycles. The van der Waals surface area contributed by atoms with E-state index >= 15 is 0 Å². The quantitative estimate of drug-likeness (QED) is 0.389. The van der Waals surface area contributed by atoms with Crippen molar-refractivity contribution >= 4 is 33.1 Å². The number of nitrogens with zero attached hydrogens (tertiary/aromatic N) is 1. The Bertz CT molecular complexity index is 462. The number of Topliss-reactive ketones (excluding diaryl/α,β-unsaturated/α-hetero) is 1. The Balaban J connectivity index is 3.63. The molecule has 0 fully saturated rings. The minimum absolute atomic E-state index is 0.159. The van der Waals surface area contributed by atoms with E-state index in [9.17, 15) is 19.3 Å². The monoisotopic (exact) mass is 276 g/mol. The Hall–Kier alpha value is -1.50. The van der Waals surface area contributed by atoms with E-state index in [1.165, 1.54) is 0 Å². The van der Waals surface area contributed by atoms with Crippen molar-refractivity contribution in [3.63, 3.8) is 0 Å².